The molecule has 12 heavy (non-hydrogen) atoms. The van der Waals surface area contributed by atoms with E-state index in [1.54, 1.807) is 11.3 Å². The van der Waals surface area contributed by atoms with E-state index in [-0.39, 0.29) is 0 Å². The summed E-state index contributed by atoms with van der Waals surface area (Å²) < 4.78 is 0. The van der Waals surface area contributed by atoms with Crippen LogP contribution in [0.2, 0.25) is 0 Å². The van der Waals surface area contributed by atoms with E-state index in [9.17, 15) is 0 Å². The molecule has 0 unspecified atom stereocenters. The summed E-state index contributed by atoms with van der Waals surface area (Å²) >= 11 is 1.62. The summed E-state index contributed by atoms with van der Waals surface area (Å²) in [6.45, 7) is 0. The lowest BCUT2D eigenvalue weighted by molar-refractivity contribution is 0.412. The number of rotatable bonds is 2. The summed E-state index contributed by atoms with van der Waals surface area (Å²) in [5.41, 5.74) is 1.22. The van der Waals surface area contributed by atoms with Crippen molar-refractivity contribution in [1.82, 2.24) is 4.98 Å². The van der Waals surface area contributed by atoms with E-state index in [0.29, 0.717) is 12.3 Å². The fraction of sp³-hybridized carbons (Fsp3) is 0.556. The monoisotopic (exact) mass is 178 g/mol. The van der Waals surface area contributed by atoms with E-state index in [0.717, 1.165) is 5.01 Å². The van der Waals surface area contributed by atoms with Crippen molar-refractivity contribution in [1.29, 1.82) is 5.26 Å². The molecule has 0 spiro atoms. The van der Waals surface area contributed by atoms with Crippen LogP contribution in [0.25, 0.3) is 0 Å². The van der Waals surface area contributed by atoms with Gasteiger partial charge in [-0.3, -0.25) is 0 Å². The molecule has 0 saturated heterocycles. The molecule has 0 bridgehead atoms. The topological polar surface area (TPSA) is 36.7 Å². The molecule has 0 aliphatic heterocycles. The standard InChI is InChI=1S/C9H10N2S/c10-5-4-9-11-8(6-12-9)7-2-1-3-7/h6-7H,1-4H2. The highest BCUT2D eigenvalue weighted by molar-refractivity contribution is 7.09. The smallest absolute Gasteiger partial charge is 0.107 e. The Kier molecular flexibility index (Phi) is 2.09. The minimum absolute atomic E-state index is 0.470. The second-order valence-electron chi connectivity index (χ2n) is 3.13. The maximum atomic E-state index is 8.46. The highest BCUT2D eigenvalue weighted by atomic mass is 32.1. The van der Waals surface area contributed by atoms with Crippen molar-refractivity contribution in [3.8, 4) is 6.07 Å². The third-order valence-electron chi connectivity index (χ3n) is 2.32. The van der Waals surface area contributed by atoms with Crippen LogP contribution in [0.5, 0.6) is 0 Å². The molecule has 0 amide bonds. The van der Waals surface area contributed by atoms with Gasteiger partial charge in [0.15, 0.2) is 0 Å². The molecule has 1 aromatic heterocycles. The SMILES string of the molecule is N#CCc1nc(C2CCC2)cs1. The van der Waals surface area contributed by atoms with E-state index in [4.69, 9.17) is 5.26 Å². The third-order valence-corrected chi connectivity index (χ3v) is 3.19. The summed E-state index contributed by atoms with van der Waals surface area (Å²) in [4.78, 5) is 4.42. The maximum absolute atomic E-state index is 8.46. The normalized spacial score (nSPS) is 16.9. The summed E-state index contributed by atoms with van der Waals surface area (Å²) in [6, 6.07) is 2.12. The molecule has 1 heterocycles. The van der Waals surface area contributed by atoms with Crippen LogP contribution in [0.1, 0.15) is 35.9 Å². The Bertz CT molecular complexity index is 307. The van der Waals surface area contributed by atoms with Gasteiger partial charge in [-0.25, -0.2) is 4.98 Å². The molecule has 1 saturated carbocycles. The van der Waals surface area contributed by atoms with Crippen LogP contribution in [-0.4, -0.2) is 4.98 Å². The Morgan fingerprint density at radius 2 is 2.50 bits per heavy atom. The maximum Gasteiger partial charge on any atom is 0.107 e. The predicted octanol–water partition coefficient (Wildman–Crippen LogP) is 2.48. The van der Waals surface area contributed by atoms with Crippen molar-refractivity contribution in [3.63, 3.8) is 0 Å². The van der Waals surface area contributed by atoms with Crippen LogP contribution in [-0.2, 0) is 6.42 Å². The Balaban J connectivity index is 2.08. The molecule has 0 N–H and O–H groups in total. The molecule has 0 radical (unpaired) electrons. The minimum atomic E-state index is 0.470. The number of nitrogens with zero attached hydrogens (tertiary/aromatic N) is 2. The van der Waals surface area contributed by atoms with Crippen LogP contribution in [0.3, 0.4) is 0 Å². The highest BCUT2D eigenvalue weighted by Crippen LogP contribution is 2.36. The predicted molar refractivity (Wildman–Crippen MR) is 48.0 cm³/mol. The van der Waals surface area contributed by atoms with Crippen molar-refractivity contribution < 1.29 is 0 Å². The van der Waals surface area contributed by atoms with Crippen molar-refractivity contribution in [3.05, 3.63) is 16.1 Å². The van der Waals surface area contributed by atoms with Gasteiger partial charge >= 0.3 is 0 Å². The van der Waals surface area contributed by atoms with Gasteiger partial charge in [-0.15, -0.1) is 11.3 Å². The largest absolute Gasteiger partial charge is 0.245 e. The number of hydrogen-bond acceptors (Lipinski definition) is 3. The molecular weight excluding hydrogens is 168 g/mol. The molecule has 3 heteroatoms. The second-order valence-corrected chi connectivity index (χ2v) is 4.07. The average molecular weight is 178 g/mol. The number of hydrogen-bond donors (Lipinski definition) is 0. The van der Waals surface area contributed by atoms with Gasteiger partial charge < -0.3 is 0 Å². The number of thiazole rings is 1. The van der Waals surface area contributed by atoms with Crippen LogP contribution < -0.4 is 0 Å². The zero-order valence-corrected chi connectivity index (χ0v) is 7.60. The number of nitriles is 1. The lowest BCUT2D eigenvalue weighted by Gasteiger charge is -2.22. The van der Waals surface area contributed by atoms with Crippen LogP contribution in [0, 0.1) is 11.3 Å². The Morgan fingerprint density at radius 1 is 1.67 bits per heavy atom. The Hall–Kier alpha value is -0.880. The molecule has 0 aromatic carbocycles. The molecule has 2 rings (SSSR count). The summed E-state index contributed by atoms with van der Waals surface area (Å²) in [6.07, 6.45) is 4.39. The average Bonchev–Trinajstić information content (AvgIpc) is 2.34. The zero-order chi connectivity index (χ0) is 8.39. The van der Waals surface area contributed by atoms with E-state index in [1.807, 2.05) is 0 Å². The highest BCUT2D eigenvalue weighted by Gasteiger charge is 2.21. The molecule has 0 atom stereocenters. The summed E-state index contributed by atoms with van der Waals surface area (Å²) in [7, 11) is 0. The first kappa shape index (κ1) is 7.75. The van der Waals surface area contributed by atoms with Gasteiger partial charge in [0, 0.05) is 11.3 Å². The number of aromatic nitrogens is 1. The lowest BCUT2D eigenvalue weighted by Crippen LogP contribution is -2.08. The van der Waals surface area contributed by atoms with Gasteiger partial charge in [0.05, 0.1) is 18.2 Å². The Labute approximate surface area is 75.9 Å². The minimum Gasteiger partial charge on any atom is -0.245 e. The van der Waals surface area contributed by atoms with Gasteiger partial charge in [-0.1, -0.05) is 6.42 Å². The fourth-order valence-electron chi connectivity index (χ4n) is 1.37. The third kappa shape index (κ3) is 1.35. The zero-order valence-electron chi connectivity index (χ0n) is 6.79. The van der Waals surface area contributed by atoms with E-state index in [2.05, 4.69) is 16.4 Å². The van der Waals surface area contributed by atoms with Crippen LogP contribution in [0.15, 0.2) is 5.38 Å². The quantitative estimate of drug-likeness (QED) is 0.697. The van der Waals surface area contributed by atoms with Gasteiger partial charge in [-0.05, 0) is 12.8 Å². The summed E-state index contributed by atoms with van der Waals surface area (Å²) in [5, 5.41) is 11.5. The second kappa shape index (κ2) is 3.24. The Morgan fingerprint density at radius 3 is 3.08 bits per heavy atom. The first-order valence-electron chi connectivity index (χ1n) is 4.21. The first-order chi connectivity index (χ1) is 5.90. The van der Waals surface area contributed by atoms with Gasteiger partial charge in [0.1, 0.15) is 5.01 Å². The molecule has 1 aliphatic carbocycles. The fourth-order valence-corrected chi connectivity index (χ4v) is 2.17. The molecule has 1 aromatic rings. The molecular formula is C9H10N2S. The molecule has 62 valence electrons. The van der Waals surface area contributed by atoms with Crippen molar-refractivity contribution in [2.75, 3.05) is 0 Å². The van der Waals surface area contributed by atoms with Gasteiger partial charge in [0.25, 0.3) is 0 Å². The van der Waals surface area contributed by atoms with Gasteiger partial charge in [0.2, 0.25) is 0 Å². The van der Waals surface area contributed by atoms with Crippen LogP contribution in [0.4, 0.5) is 0 Å². The van der Waals surface area contributed by atoms with Crippen molar-refractivity contribution in [2.24, 2.45) is 0 Å². The van der Waals surface area contributed by atoms with E-state index < -0.39 is 0 Å². The van der Waals surface area contributed by atoms with Crippen molar-refractivity contribution >= 4 is 11.3 Å². The molecule has 1 aliphatic rings. The van der Waals surface area contributed by atoms with Crippen molar-refractivity contribution in [2.45, 2.75) is 31.6 Å². The molecule has 1 fully saturated rings. The van der Waals surface area contributed by atoms with E-state index in [1.165, 1.54) is 25.0 Å². The molecule has 2 nitrogen and oxygen atoms in total. The van der Waals surface area contributed by atoms with E-state index >= 15 is 0 Å². The van der Waals surface area contributed by atoms with Crippen LogP contribution >= 0.6 is 11.3 Å². The summed E-state index contributed by atoms with van der Waals surface area (Å²) in [5.74, 6) is 0.702. The lowest BCUT2D eigenvalue weighted by atomic mass is 9.83. The first-order valence-corrected chi connectivity index (χ1v) is 5.09. The van der Waals surface area contributed by atoms with Gasteiger partial charge in [-0.2, -0.15) is 5.26 Å².